The average Bonchev–Trinajstić information content (AvgIpc) is 2.55. The van der Waals surface area contributed by atoms with Crippen molar-refractivity contribution in [2.45, 2.75) is 5.97 Å². The molecule has 9 nitrogen and oxygen atoms in total. The summed E-state index contributed by atoms with van der Waals surface area (Å²) in [5, 5.41) is 18.0. The van der Waals surface area contributed by atoms with E-state index in [2.05, 4.69) is 0 Å². The van der Waals surface area contributed by atoms with Crippen molar-refractivity contribution in [2.75, 3.05) is 27.9 Å². The molecule has 0 saturated heterocycles. The van der Waals surface area contributed by atoms with Crippen LogP contribution in [-0.2, 0) is 18.9 Å². The summed E-state index contributed by atoms with van der Waals surface area (Å²) in [4.78, 5) is 34.1. The van der Waals surface area contributed by atoms with E-state index in [4.69, 9.17) is 29.2 Å². The van der Waals surface area contributed by atoms with Gasteiger partial charge in [-0.05, 0) is 18.2 Å². The van der Waals surface area contributed by atoms with Gasteiger partial charge in [-0.1, -0.05) is 0 Å². The van der Waals surface area contributed by atoms with E-state index in [-0.39, 0.29) is 11.1 Å². The van der Waals surface area contributed by atoms with Crippen LogP contribution in [0.3, 0.4) is 0 Å². The molecule has 9 heteroatoms. The lowest BCUT2D eigenvalue weighted by molar-refractivity contribution is -0.363. The van der Waals surface area contributed by atoms with Crippen molar-refractivity contribution in [3.63, 3.8) is 0 Å². The molecule has 1 aromatic rings. The highest BCUT2D eigenvalue weighted by Gasteiger charge is 2.32. The molecular formula is C14H16O9. The van der Waals surface area contributed by atoms with E-state index in [1.165, 1.54) is 21.3 Å². The first kappa shape index (κ1) is 18.6. The molecule has 0 saturated carbocycles. The van der Waals surface area contributed by atoms with Crippen LogP contribution >= 0.6 is 0 Å². The van der Waals surface area contributed by atoms with Gasteiger partial charge in [0.25, 0.3) is 0 Å². The average molecular weight is 328 g/mol. The standard InChI is InChI=1S/C14H16O9/c1-20-14(21-2,22-3)7-23-13(19)9-5-4-8(11(15)16)6-10(9)12(17)18/h4-6H,7H2,1-3H3,(H,15,16)(H,17,18). The Bertz CT molecular complexity index is 596. The maximum absolute atomic E-state index is 12.0. The Hall–Kier alpha value is -2.49. The molecule has 0 aliphatic rings. The molecule has 126 valence electrons. The molecule has 0 atom stereocenters. The second-order valence-corrected chi connectivity index (χ2v) is 4.24. The number of carbonyl (C=O) groups excluding carboxylic acids is 1. The zero-order chi connectivity index (χ0) is 17.6. The molecule has 0 aromatic heterocycles. The molecule has 1 rings (SSSR count). The number of carboxylic acid groups (broad SMARTS) is 2. The highest BCUT2D eigenvalue weighted by atomic mass is 16.9. The zero-order valence-electron chi connectivity index (χ0n) is 12.7. The van der Waals surface area contributed by atoms with Crippen molar-refractivity contribution in [2.24, 2.45) is 0 Å². The summed E-state index contributed by atoms with van der Waals surface area (Å²) in [7, 11) is 3.81. The normalized spacial score (nSPS) is 11.1. The van der Waals surface area contributed by atoms with E-state index in [1.807, 2.05) is 0 Å². The summed E-state index contributed by atoms with van der Waals surface area (Å²) in [6.07, 6.45) is 0. The topological polar surface area (TPSA) is 129 Å². The zero-order valence-corrected chi connectivity index (χ0v) is 12.7. The molecule has 0 aliphatic carbocycles. The van der Waals surface area contributed by atoms with Gasteiger partial charge in [-0.3, -0.25) is 0 Å². The third-order valence-electron chi connectivity index (χ3n) is 3.03. The van der Waals surface area contributed by atoms with Crippen LogP contribution in [0.5, 0.6) is 0 Å². The molecule has 0 fully saturated rings. The van der Waals surface area contributed by atoms with Crippen molar-refractivity contribution in [3.05, 3.63) is 34.9 Å². The van der Waals surface area contributed by atoms with Gasteiger partial charge in [0.05, 0.1) is 16.7 Å². The number of ether oxygens (including phenoxy) is 4. The van der Waals surface area contributed by atoms with E-state index in [1.54, 1.807) is 0 Å². The Balaban J connectivity index is 3.04. The molecule has 0 unspecified atom stereocenters. The van der Waals surface area contributed by atoms with E-state index in [0.717, 1.165) is 18.2 Å². The molecule has 0 radical (unpaired) electrons. The Morgan fingerprint density at radius 2 is 1.52 bits per heavy atom. The first-order valence-electron chi connectivity index (χ1n) is 6.23. The fraction of sp³-hybridized carbons (Fsp3) is 0.357. The number of esters is 1. The summed E-state index contributed by atoms with van der Waals surface area (Å²) in [5.74, 6) is -5.39. The van der Waals surface area contributed by atoms with Crippen LogP contribution in [-0.4, -0.2) is 62.0 Å². The van der Waals surface area contributed by atoms with E-state index in [0.29, 0.717) is 0 Å². The Morgan fingerprint density at radius 3 is 1.96 bits per heavy atom. The van der Waals surface area contributed by atoms with Crippen molar-refractivity contribution in [3.8, 4) is 0 Å². The quantitative estimate of drug-likeness (QED) is 0.526. The molecule has 23 heavy (non-hydrogen) atoms. The molecule has 0 bridgehead atoms. The van der Waals surface area contributed by atoms with Gasteiger partial charge in [0.15, 0.2) is 6.61 Å². The van der Waals surface area contributed by atoms with Gasteiger partial charge in [-0.2, -0.15) is 0 Å². The van der Waals surface area contributed by atoms with Crippen LogP contribution in [0.1, 0.15) is 31.1 Å². The summed E-state index contributed by atoms with van der Waals surface area (Å²) in [6, 6.07) is 3.03. The maximum Gasteiger partial charge on any atom is 0.339 e. The fourth-order valence-electron chi connectivity index (χ4n) is 1.69. The monoisotopic (exact) mass is 328 g/mol. The van der Waals surface area contributed by atoms with E-state index in [9.17, 15) is 14.4 Å². The van der Waals surface area contributed by atoms with Gasteiger partial charge < -0.3 is 29.2 Å². The number of hydrogen-bond donors (Lipinski definition) is 2. The third-order valence-corrected chi connectivity index (χ3v) is 3.03. The molecule has 0 spiro atoms. The first-order valence-corrected chi connectivity index (χ1v) is 6.23. The number of carboxylic acids is 2. The van der Waals surface area contributed by atoms with Crippen molar-refractivity contribution in [1.82, 2.24) is 0 Å². The highest BCUT2D eigenvalue weighted by molar-refractivity contribution is 6.04. The predicted octanol–water partition coefficient (Wildman–Crippen LogP) is 0.833. The maximum atomic E-state index is 12.0. The van der Waals surface area contributed by atoms with Crippen molar-refractivity contribution < 1.29 is 43.5 Å². The number of rotatable bonds is 8. The third kappa shape index (κ3) is 4.25. The van der Waals surface area contributed by atoms with Crippen LogP contribution in [0.25, 0.3) is 0 Å². The van der Waals surface area contributed by atoms with Gasteiger partial charge in [0.1, 0.15) is 0 Å². The van der Waals surface area contributed by atoms with Crippen LogP contribution in [0.2, 0.25) is 0 Å². The second-order valence-electron chi connectivity index (χ2n) is 4.24. The summed E-state index contributed by atoms with van der Waals surface area (Å²) in [6.45, 7) is -0.463. The van der Waals surface area contributed by atoms with Crippen LogP contribution in [0.4, 0.5) is 0 Å². The second kappa shape index (κ2) is 7.68. The molecule has 1 aromatic carbocycles. The highest BCUT2D eigenvalue weighted by Crippen LogP contribution is 2.17. The van der Waals surface area contributed by atoms with Crippen molar-refractivity contribution >= 4 is 17.9 Å². The number of carbonyl (C=O) groups is 3. The van der Waals surface area contributed by atoms with E-state index < -0.39 is 36.1 Å². The summed E-state index contributed by atoms with van der Waals surface area (Å²) >= 11 is 0. The molecule has 0 aliphatic heterocycles. The van der Waals surface area contributed by atoms with E-state index >= 15 is 0 Å². The Kier molecular flexibility index (Phi) is 6.19. The molecular weight excluding hydrogens is 312 g/mol. The minimum Gasteiger partial charge on any atom is -0.478 e. The number of benzene rings is 1. The fourth-order valence-corrected chi connectivity index (χ4v) is 1.69. The summed E-state index contributed by atoms with van der Waals surface area (Å²) in [5.41, 5.74) is -1.06. The Labute approximate surface area is 131 Å². The van der Waals surface area contributed by atoms with Gasteiger partial charge in [-0.25, -0.2) is 14.4 Å². The van der Waals surface area contributed by atoms with Crippen LogP contribution in [0.15, 0.2) is 18.2 Å². The molecule has 0 heterocycles. The number of methoxy groups -OCH3 is 3. The van der Waals surface area contributed by atoms with Gasteiger partial charge in [0, 0.05) is 21.3 Å². The lowest BCUT2D eigenvalue weighted by atomic mass is 10.0. The van der Waals surface area contributed by atoms with Gasteiger partial charge in [0.2, 0.25) is 0 Å². The lowest BCUT2D eigenvalue weighted by Gasteiger charge is -2.27. The van der Waals surface area contributed by atoms with Crippen LogP contribution in [0, 0.1) is 0 Å². The van der Waals surface area contributed by atoms with Gasteiger partial charge in [-0.15, -0.1) is 0 Å². The minimum absolute atomic E-state index is 0.265. The molecule has 0 amide bonds. The van der Waals surface area contributed by atoms with Gasteiger partial charge >= 0.3 is 23.9 Å². The minimum atomic E-state index is -1.62. The van der Waals surface area contributed by atoms with Crippen molar-refractivity contribution in [1.29, 1.82) is 0 Å². The van der Waals surface area contributed by atoms with Crippen LogP contribution < -0.4 is 0 Å². The smallest absolute Gasteiger partial charge is 0.339 e. The molecule has 2 N–H and O–H groups in total. The predicted molar refractivity (Wildman–Crippen MR) is 74.4 cm³/mol. The number of hydrogen-bond acceptors (Lipinski definition) is 7. The largest absolute Gasteiger partial charge is 0.478 e. The Morgan fingerprint density at radius 1 is 0.957 bits per heavy atom. The number of aromatic carboxylic acids is 2. The SMILES string of the molecule is COC(COC(=O)c1ccc(C(=O)O)cc1C(=O)O)(OC)OC. The summed E-state index contributed by atoms with van der Waals surface area (Å²) < 4.78 is 19.7. The first-order chi connectivity index (χ1) is 10.8. The lowest BCUT2D eigenvalue weighted by Crippen LogP contribution is -2.41.